The minimum Gasteiger partial charge on any atom is -0.508 e. The molecular formula is C32H24Cl2N2O5. The van der Waals surface area contributed by atoms with E-state index in [0.29, 0.717) is 33.4 Å². The number of carbonyl (C=O) groups excluding carboxylic acids is 4. The summed E-state index contributed by atoms with van der Waals surface area (Å²) >= 11 is 12.1. The molecule has 0 aromatic heterocycles. The van der Waals surface area contributed by atoms with Crippen molar-refractivity contribution >= 4 is 58.2 Å². The molecule has 4 amide bonds. The van der Waals surface area contributed by atoms with Gasteiger partial charge in [0.05, 0.1) is 35.0 Å². The lowest BCUT2D eigenvalue weighted by Gasteiger charge is -2.44. The Labute approximate surface area is 246 Å². The van der Waals surface area contributed by atoms with Crippen LogP contribution < -0.4 is 9.80 Å². The predicted molar refractivity (Wildman–Crippen MR) is 154 cm³/mol. The number of phenolic OH excluding ortho intramolecular Hbond substituents is 1. The minimum absolute atomic E-state index is 0.0155. The van der Waals surface area contributed by atoms with Gasteiger partial charge in [0.2, 0.25) is 23.6 Å². The van der Waals surface area contributed by atoms with Crippen LogP contribution in [0.15, 0.2) is 84.4 Å². The summed E-state index contributed by atoms with van der Waals surface area (Å²) in [4.78, 5) is 58.0. The highest BCUT2D eigenvalue weighted by Crippen LogP contribution is 2.59. The number of para-hydroxylation sites is 1. The largest absolute Gasteiger partial charge is 0.508 e. The highest BCUT2D eigenvalue weighted by Gasteiger charge is 2.62. The van der Waals surface area contributed by atoms with Crippen molar-refractivity contribution in [2.45, 2.75) is 18.8 Å². The highest BCUT2D eigenvalue weighted by molar-refractivity contribution is 6.31. The zero-order valence-corrected chi connectivity index (χ0v) is 23.1. The summed E-state index contributed by atoms with van der Waals surface area (Å²) in [5.41, 5.74) is 2.23. The molecule has 1 N–H and O–H groups in total. The fourth-order valence-corrected chi connectivity index (χ4v) is 7.63. The maximum atomic E-state index is 14.0. The van der Waals surface area contributed by atoms with Crippen LogP contribution in [0.4, 0.5) is 11.4 Å². The first kappa shape index (κ1) is 26.0. The molecule has 206 valence electrons. The van der Waals surface area contributed by atoms with Gasteiger partial charge >= 0.3 is 0 Å². The van der Waals surface area contributed by atoms with Crippen molar-refractivity contribution in [1.29, 1.82) is 0 Å². The van der Waals surface area contributed by atoms with Gasteiger partial charge in [0, 0.05) is 21.5 Å². The molecule has 3 fully saturated rings. The van der Waals surface area contributed by atoms with E-state index in [-0.39, 0.29) is 35.8 Å². The molecule has 0 bridgehead atoms. The molecule has 9 heteroatoms. The number of amides is 4. The summed E-state index contributed by atoms with van der Waals surface area (Å²) in [6, 6.07) is 19.9. The first-order valence-corrected chi connectivity index (χ1v) is 14.3. The lowest BCUT2D eigenvalue weighted by Crippen LogP contribution is -2.43. The molecule has 0 unspecified atom stereocenters. The topological polar surface area (TPSA) is 95.0 Å². The maximum Gasteiger partial charge on any atom is 0.238 e. The molecule has 2 aliphatic carbocycles. The van der Waals surface area contributed by atoms with Gasteiger partial charge in [-0.25, -0.2) is 0 Å². The van der Waals surface area contributed by atoms with Crippen molar-refractivity contribution in [1.82, 2.24) is 0 Å². The number of halogens is 2. The normalized spacial score (nSPS) is 28.9. The number of nitrogens with zero attached hydrogens (tertiary/aromatic N) is 2. The number of imide groups is 2. The number of aromatic hydroxyl groups is 1. The van der Waals surface area contributed by atoms with Crippen molar-refractivity contribution in [3.05, 3.63) is 100 Å². The molecule has 3 aromatic carbocycles. The number of allylic oxidation sites excluding steroid dienone is 2. The number of hydrogen-bond acceptors (Lipinski definition) is 5. The second-order valence-electron chi connectivity index (χ2n) is 11.1. The van der Waals surface area contributed by atoms with Gasteiger partial charge < -0.3 is 5.11 Å². The van der Waals surface area contributed by atoms with Crippen molar-refractivity contribution in [3.63, 3.8) is 0 Å². The van der Waals surface area contributed by atoms with E-state index in [9.17, 15) is 24.3 Å². The molecule has 2 saturated heterocycles. The van der Waals surface area contributed by atoms with Crippen molar-refractivity contribution in [2.24, 2.45) is 29.6 Å². The Morgan fingerprint density at radius 3 is 1.76 bits per heavy atom. The Bertz CT molecular complexity index is 1650. The summed E-state index contributed by atoms with van der Waals surface area (Å²) in [6.07, 6.45) is 2.54. The zero-order valence-electron chi connectivity index (χ0n) is 21.6. The molecule has 7 nitrogen and oxygen atoms in total. The molecule has 7 rings (SSSR count). The van der Waals surface area contributed by atoms with Crippen LogP contribution in [0.3, 0.4) is 0 Å². The SMILES string of the molecule is O=C1[C@H]2[C@H](CC=C3[C@H]2C[C@H]2C(=O)N(c4ccc(Cl)cc4)C(=O)[C@H]2[C@H]3c2ccccc2O)C(=O)N1c1ccc(Cl)cc1. The van der Waals surface area contributed by atoms with Gasteiger partial charge in [-0.05, 0) is 73.4 Å². The average molecular weight is 587 g/mol. The second kappa shape index (κ2) is 9.57. The van der Waals surface area contributed by atoms with Gasteiger partial charge in [-0.1, -0.05) is 53.1 Å². The molecule has 1 saturated carbocycles. The van der Waals surface area contributed by atoms with E-state index in [1.807, 2.05) is 6.08 Å². The van der Waals surface area contributed by atoms with Crippen LogP contribution in [-0.2, 0) is 19.2 Å². The van der Waals surface area contributed by atoms with E-state index < -0.39 is 35.5 Å². The Kier molecular flexibility index (Phi) is 6.07. The van der Waals surface area contributed by atoms with Crippen LogP contribution in [-0.4, -0.2) is 28.7 Å². The monoisotopic (exact) mass is 586 g/mol. The third-order valence-corrected chi connectivity index (χ3v) is 9.59. The first-order valence-electron chi connectivity index (χ1n) is 13.5. The number of fused-ring (bicyclic) bond motifs is 4. The molecule has 41 heavy (non-hydrogen) atoms. The van der Waals surface area contributed by atoms with E-state index in [1.54, 1.807) is 72.8 Å². The van der Waals surface area contributed by atoms with Gasteiger partial charge in [0.25, 0.3) is 0 Å². The van der Waals surface area contributed by atoms with E-state index in [2.05, 4.69) is 0 Å². The molecular weight excluding hydrogens is 563 g/mol. The van der Waals surface area contributed by atoms with Crippen molar-refractivity contribution in [2.75, 3.05) is 9.80 Å². The predicted octanol–water partition coefficient (Wildman–Crippen LogP) is 5.74. The van der Waals surface area contributed by atoms with Gasteiger partial charge in [0.1, 0.15) is 5.75 Å². The number of carbonyl (C=O) groups is 4. The summed E-state index contributed by atoms with van der Waals surface area (Å²) in [7, 11) is 0. The first-order chi connectivity index (χ1) is 19.8. The second-order valence-corrected chi connectivity index (χ2v) is 11.9. The lowest BCUT2D eigenvalue weighted by atomic mass is 9.57. The smallest absolute Gasteiger partial charge is 0.238 e. The number of phenols is 1. The highest BCUT2D eigenvalue weighted by atomic mass is 35.5. The molecule has 2 aliphatic heterocycles. The van der Waals surface area contributed by atoms with Crippen LogP contribution >= 0.6 is 23.2 Å². The maximum absolute atomic E-state index is 14.0. The molecule has 3 aromatic rings. The van der Waals surface area contributed by atoms with E-state index in [1.165, 1.54) is 9.80 Å². The molecule has 2 heterocycles. The van der Waals surface area contributed by atoms with Gasteiger partial charge in [0.15, 0.2) is 0 Å². The van der Waals surface area contributed by atoms with Crippen LogP contribution in [0.5, 0.6) is 5.75 Å². The Morgan fingerprint density at radius 2 is 1.17 bits per heavy atom. The van der Waals surface area contributed by atoms with Gasteiger partial charge in [-0.3, -0.25) is 29.0 Å². The zero-order chi connectivity index (χ0) is 28.6. The number of hydrogen-bond donors (Lipinski definition) is 1. The number of anilines is 2. The van der Waals surface area contributed by atoms with Crippen LogP contribution in [0.2, 0.25) is 10.0 Å². The summed E-state index contributed by atoms with van der Waals surface area (Å²) < 4.78 is 0. The summed E-state index contributed by atoms with van der Waals surface area (Å²) in [5.74, 6) is -5.11. The molecule has 0 spiro atoms. The third-order valence-electron chi connectivity index (χ3n) is 9.09. The summed E-state index contributed by atoms with van der Waals surface area (Å²) in [6.45, 7) is 0. The van der Waals surface area contributed by atoms with Crippen molar-refractivity contribution in [3.8, 4) is 5.75 Å². The lowest BCUT2D eigenvalue weighted by molar-refractivity contribution is -0.126. The van der Waals surface area contributed by atoms with Crippen LogP contribution in [0.1, 0.15) is 24.3 Å². The Hall–Kier alpha value is -3.94. The van der Waals surface area contributed by atoms with Gasteiger partial charge in [-0.15, -0.1) is 0 Å². The third kappa shape index (κ3) is 3.86. The standard InChI is InChI=1S/C32H24Cl2N2O5/c33-16-5-9-18(10-6-16)35-29(38)22-14-13-20-23(27(22)31(35)40)15-24-28(26(20)21-3-1-2-4-25(21)37)32(41)36(30(24)39)19-11-7-17(34)8-12-19/h1-13,22-24,26-28,37H,14-15H2/t22-,23+,24+,26+,27-,28+/m0/s1. The molecule has 4 aliphatic rings. The van der Waals surface area contributed by atoms with E-state index >= 15 is 0 Å². The minimum atomic E-state index is -0.759. The van der Waals surface area contributed by atoms with Crippen LogP contribution in [0.25, 0.3) is 0 Å². The number of benzene rings is 3. The summed E-state index contributed by atoms with van der Waals surface area (Å²) in [5, 5.41) is 11.9. The van der Waals surface area contributed by atoms with E-state index in [0.717, 1.165) is 5.57 Å². The fourth-order valence-electron chi connectivity index (χ4n) is 7.38. The van der Waals surface area contributed by atoms with E-state index in [4.69, 9.17) is 23.2 Å². The molecule has 0 radical (unpaired) electrons. The number of rotatable bonds is 3. The quantitative estimate of drug-likeness (QED) is 0.312. The fraction of sp³-hybridized carbons (Fsp3) is 0.250. The Morgan fingerprint density at radius 1 is 0.634 bits per heavy atom. The van der Waals surface area contributed by atoms with Crippen LogP contribution in [0, 0.1) is 29.6 Å². The average Bonchev–Trinajstić information content (AvgIpc) is 3.37. The van der Waals surface area contributed by atoms with Crippen molar-refractivity contribution < 1.29 is 24.3 Å². The molecule has 6 atom stereocenters. The van der Waals surface area contributed by atoms with Gasteiger partial charge in [-0.2, -0.15) is 0 Å². The Balaban J connectivity index is 1.33.